The maximum atomic E-state index is 10.0. The van der Waals surface area contributed by atoms with Crippen LogP contribution in [-0.4, -0.2) is 19.3 Å². The Labute approximate surface area is 98.8 Å². The average molecular weight is 232 g/mol. The second-order valence-electron chi connectivity index (χ2n) is 5.60. The topological polar surface area (TPSA) is 20.2 Å². The van der Waals surface area contributed by atoms with Crippen LogP contribution in [0.3, 0.4) is 0 Å². The number of benzene rings is 1. The molecule has 0 aliphatic carbocycles. The molecule has 0 bridgehead atoms. The minimum atomic E-state index is -1.50. The summed E-state index contributed by atoms with van der Waals surface area (Å²) in [5.74, 6) is 0. The summed E-state index contributed by atoms with van der Waals surface area (Å²) in [5, 5.41) is 11.5. The molecule has 2 heteroatoms. The summed E-state index contributed by atoms with van der Waals surface area (Å²) in [6, 6.07) is 7.60. The number of fused-ring (bicyclic) bond motifs is 1. The highest BCUT2D eigenvalue weighted by atomic mass is 28.3. The quantitative estimate of drug-likeness (QED) is 0.682. The molecular formula is C14H20OSi. The predicted molar refractivity (Wildman–Crippen MR) is 72.8 cm³/mol. The fourth-order valence-electron chi connectivity index (χ4n) is 2.71. The van der Waals surface area contributed by atoms with Gasteiger partial charge in [-0.1, -0.05) is 48.6 Å². The zero-order chi connectivity index (χ0) is 11.9. The number of hydrogen-bond donors (Lipinski definition) is 1. The molecule has 0 saturated heterocycles. The largest absolute Gasteiger partial charge is 0.393 e. The third kappa shape index (κ3) is 2.00. The Morgan fingerprint density at radius 3 is 2.75 bits per heavy atom. The van der Waals surface area contributed by atoms with Gasteiger partial charge in [-0.05, 0) is 30.5 Å². The first-order valence-corrected chi connectivity index (χ1v) is 9.08. The van der Waals surface area contributed by atoms with Crippen LogP contribution < -0.4 is 5.19 Å². The maximum Gasteiger partial charge on any atom is 0.0839 e. The van der Waals surface area contributed by atoms with Gasteiger partial charge in [-0.25, -0.2) is 0 Å². The van der Waals surface area contributed by atoms with Crippen molar-refractivity contribution in [1.82, 2.24) is 0 Å². The third-order valence-corrected chi connectivity index (χ3v) is 6.90. The SMILES string of the molecule is C=C1CC(O)C[Si](C)(C)c2ccc(C)cc21. The third-order valence-electron chi connectivity index (χ3n) is 3.51. The first-order valence-electron chi connectivity index (χ1n) is 5.87. The lowest BCUT2D eigenvalue weighted by molar-refractivity contribution is 0.200. The molecule has 86 valence electrons. The zero-order valence-electron chi connectivity index (χ0n) is 10.4. The van der Waals surface area contributed by atoms with E-state index in [1.807, 2.05) is 0 Å². The summed E-state index contributed by atoms with van der Waals surface area (Å²) < 4.78 is 0. The van der Waals surface area contributed by atoms with Gasteiger partial charge >= 0.3 is 0 Å². The lowest BCUT2D eigenvalue weighted by Crippen LogP contribution is -2.44. The highest BCUT2D eigenvalue weighted by Gasteiger charge is 2.32. The van der Waals surface area contributed by atoms with E-state index in [4.69, 9.17) is 0 Å². The molecule has 0 saturated carbocycles. The van der Waals surface area contributed by atoms with E-state index in [0.29, 0.717) is 0 Å². The summed E-state index contributed by atoms with van der Waals surface area (Å²) in [6.45, 7) is 10.9. The summed E-state index contributed by atoms with van der Waals surface area (Å²) >= 11 is 0. The molecule has 1 heterocycles. The van der Waals surface area contributed by atoms with E-state index in [0.717, 1.165) is 18.0 Å². The van der Waals surface area contributed by atoms with Crippen LogP contribution in [0.4, 0.5) is 0 Å². The van der Waals surface area contributed by atoms with Crippen molar-refractivity contribution in [2.24, 2.45) is 0 Å². The molecule has 1 atom stereocenters. The Kier molecular flexibility index (Phi) is 2.80. The highest BCUT2D eigenvalue weighted by molar-refractivity contribution is 6.90. The zero-order valence-corrected chi connectivity index (χ0v) is 11.4. The summed E-state index contributed by atoms with van der Waals surface area (Å²) in [7, 11) is -1.50. The molecule has 0 spiro atoms. The van der Waals surface area contributed by atoms with Gasteiger partial charge in [0.05, 0.1) is 14.2 Å². The van der Waals surface area contributed by atoms with Gasteiger partial charge < -0.3 is 5.11 Å². The Morgan fingerprint density at radius 2 is 2.06 bits per heavy atom. The van der Waals surface area contributed by atoms with Gasteiger partial charge in [0, 0.05) is 0 Å². The summed E-state index contributed by atoms with van der Waals surface area (Å²) in [4.78, 5) is 0. The van der Waals surface area contributed by atoms with Crippen LogP contribution in [0.1, 0.15) is 17.5 Å². The van der Waals surface area contributed by atoms with Crippen molar-refractivity contribution in [3.8, 4) is 0 Å². The second kappa shape index (κ2) is 3.86. The van der Waals surface area contributed by atoms with E-state index >= 15 is 0 Å². The van der Waals surface area contributed by atoms with Crippen molar-refractivity contribution < 1.29 is 5.11 Å². The molecule has 16 heavy (non-hydrogen) atoms. The molecule has 0 fully saturated rings. The Hall–Kier alpha value is -0.863. The van der Waals surface area contributed by atoms with E-state index in [1.165, 1.54) is 16.3 Å². The fourth-order valence-corrected chi connectivity index (χ4v) is 5.76. The van der Waals surface area contributed by atoms with E-state index in [2.05, 4.69) is 44.8 Å². The van der Waals surface area contributed by atoms with Crippen LogP contribution >= 0.6 is 0 Å². The van der Waals surface area contributed by atoms with Crippen LogP contribution in [0.5, 0.6) is 0 Å². The van der Waals surface area contributed by atoms with Crippen LogP contribution in [0.15, 0.2) is 24.8 Å². The van der Waals surface area contributed by atoms with Crippen LogP contribution in [-0.2, 0) is 0 Å². The predicted octanol–water partition coefficient (Wildman–Crippen LogP) is 2.69. The molecule has 0 aromatic heterocycles. The van der Waals surface area contributed by atoms with Crippen molar-refractivity contribution in [3.05, 3.63) is 35.9 Å². The summed E-state index contributed by atoms with van der Waals surface area (Å²) in [6.07, 6.45) is 0.522. The van der Waals surface area contributed by atoms with Gasteiger partial charge in [-0.3, -0.25) is 0 Å². The second-order valence-corrected chi connectivity index (χ2v) is 10.3. The maximum absolute atomic E-state index is 10.0. The van der Waals surface area contributed by atoms with Gasteiger partial charge in [0.25, 0.3) is 0 Å². The van der Waals surface area contributed by atoms with Crippen molar-refractivity contribution in [1.29, 1.82) is 0 Å². The smallest absolute Gasteiger partial charge is 0.0839 e. The Balaban J connectivity index is 2.60. The van der Waals surface area contributed by atoms with E-state index in [1.54, 1.807) is 0 Å². The molecule has 1 aromatic carbocycles. The number of rotatable bonds is 0. The normalized spacial score (nSPS) is 23.8. The van der Waals surface area contributed by atoms with Gasteiger partial charge in [0.1, 0.15) is 0 Å². The molecule has 0 radical (unpaired) electrons. The van der Waals surface area contributed by atoms with E-state index < -0.39 is 8.07 Å². The lowest BCUT2D eigenvalue weighted by atomic mass is 10.0. The minimum Gasteiger partial charge on any atom is -0.393 e. The lowest BCUT2D eigenvalue weighted by Gasteiger charge is -2.24. The van der Waals surface area contributed by atoms with Gasteiger partial charge in [-0.15, -0.1) is 0 Å². The average Bonchev–Trinajstić information content (AvgIpc) is 2.22. The standard InChI is InChI=1S/C14H20OSi/c1-10-5-6-14-13(7-10)11(2)8-12(15)9-16(14,3)4/h5-7,12,15H,2,8-9H2,1,3-4H3. The molecule has 2 rings (SSSR count). The number of aliphatic hydroxyl groups is 1. The summed E-state index contributed by atoms with van der Waals surface area (Å²) in [5.41, 5.74) is 3.68. The van der Waals surface area contributed by atoms with Gasteiger partial charge in [0.2, 0.25) is 0 Å². The first-order chi connectivity index (χ1) is 7.40. The van der Waals surface area contributed by atoms with Crippen molar-refractivity contribution in [3.63, 3.8) is 0 Å². The number of hydrogen-bond acceptors (Lipinski definition) is 1. The Morgan fingerprint density at radius 1 is 1.38 bits per heavy atom. The molecule has 1 aromatic rings. The van der Waals surface area contributed by atoms with Crippen molar-refractivity contribution in [2.75, 3.05) is 0 Å². The molecule has 1 N–H and O–H groups in total. The molecule has 1 unspecified atom stereocenters. The monoisotopic (exact) mass is 232 g/mol. The fraction of sp³-hybridized carbons (Fsp3) is 0.429. The number of aliphatic hydroxyl groups excluding tert-OH is 1. The van der Waals surface area contributed by atoms with Crippen molar-refractivity contribution in [2.45, 2.75) is 38.6 Å². The number of aryl methyl sites for hydroxylation is 1. The van der Waals surface area contributed by atoms with E-state index in [9.17, 15) is 5.11 Å². The van der Waals surface area contributed by atoms with Crippen LogP contribution in [0.2, 0.25) is 19.1 Å². The molecule has 1 aliphatic heterocycles. The molecule has 0 amide bonds. The highest BCUT2D eigenvalue weighted by Crippen LogP contribution is 2.29. The molecule has 1 aliphatic rings. The minimum absolute atomic E-state index is 0.207. The van der Waals surface area contributed by atoms with Gasteiger partial charge in [0.15, 0.2) is 0 Å². The van der Waals surface area contributed by atoms with Crippen LogP contribution in [0.25, 0.3) is 5.57 Å². The van der Waals surface area contributed by atoms with Crippen LogP contribution in [0, 0.1) is 6.92 Å². The Bertz CT molecular complexity index is 434. The molecular weight excluding hydrogens is 212 g/mol. The van der Waals surface area contributed by atoms with Crippen molar-refractivity contribution >= 4 is 18.8 Å². The first kappa shape index (κ1) is 11.6. The molecule has 1 nitrogen and oxygen atoms in total. The van der Waals surface area contributed by atoms with E-state index in [-0.39, 0.29) is 6.10 Å². The van der Waals surface area contributed by atoms with Gasteiger partial charge in [-0.2, -0.15) is 0 Å².